The number of aromatic nitrogens is 4. The summed E-state index contributed by atoms with van der Waals surface area (Å²) >= 11 is 1.16. The lowest BCUT2D eigenvalue weighted by atomic mass is 10.2. The predicted molar refractivity (Wildman–Crippen MR) is 60.8 cm³/mol. The summed E-state index contributed by atoms with van der Waals surface area (Å²) in [5.74, 6) is 0. The van der Waals surface area contributed by atoms with Crippen LogP contribution in [0.1, 0.15) is 0 Å². The second kappa shape index (κ2) is 2.80. The average Bonchev–Trinajstić information content (AvgIpc) is 2.75. The molecule has 0 fully saturated rings. The minimum Gasteiger partial charge on any atom is -0.252 e. The molecule has 0 aliphatic heterocycles. The molecule has 0 spiro atoms. The highest BCUT2D eigenvalue weighted by Crippen LogP contribution is 2.06. The summed E-state index contributed by atoms with van der Waals surface area (Å²) in [5, 5.41) is 1.54. The molecule has 3 rings (SSSR count). The van der Waals surface area contributed by atoms with Gasteiger partial charge in [0, 0.05) is 22.8 Å². The van der Waals surface area contributed by atoms with Crippen molar-refractivity contribution in [1.29, 1.82) is 0 Å². The van der Waals surface area contributed by atoms with Crippen molar-refractivity contribution >= 4 is 47.0 Å². The number of rotatable bonds is 0. The van der Waals surface area contributed by atoms with Crippen molar-refractivity contribution in [2.75, 3.05) is 0 Å². The smallest absolute Gasteiger partial charge is 0.114 e. The quantitative estimate of drug-likeness (QED) is 0.545. The van der Waals surface area contributed by atoms with Gasteiger partial charge in [-0.2, -0.15) is 8.75 Å². The lowest BCUT2D eigenvalue weighted by Gasteiger charge is -1.97. The maximum atomic E-state index is 4.24. The number of hydrogen-bond donors (Lipinski definition) is 0. The zero-order chi connectivity index (χ0) is 10.4. The standard InChI is InChI=1S/C10H6N4S/c1-5-7-8(12-4-3-11-7)6(2)10-9(5)13-15-14-10/h3-4H,1-2H2. The van der Waals surface area contributed by atoms with E-state index in [4.69, 9.17) is 0 Å². The summed E-state index contributed by atoms with van der Waals surface area (Å²) in [6.45, 7) is 7.93. The Hall–Kier alpha value is -1.88. The van der Waals surface area contributed by atoms with E-state index in [0.717, 1.165) is 44.2 Å². The van der Waals surface area contributed by atoms with Crippen molar-refractivity contribution in [2.45, 2.75) is 0 Å². The van der Waals surface area contributed by atoms with E-state index < -0.39 is 0 Å². The molecule has 3 aromatic rings. The van der Waals surface area contributed by atoms with Crippen molar-refractivity contribution < 1.29 is 0 Å². The van der Waals surface area contributed by atoms with Crippen LogP contribution in [0.2, 0.25) is 0 Å². The summed E-state index contributed by atoms with van der Waals surface area (Å²) in [7, 11) is 0. The van der Waals surface area contributed by atoms with Gasteiger partial charge in [0.2, 0.25) is 0 Å². The monoisotopic (exact) mass is 214 g/mol. The van der Waals surface area contributed by atoms with Crippen molar-refractivity contribution in [3.8, 4) is 0 Å². The fourth-order valence-electron chi connectivity index (χ4n) is 1.59. The van der Waals surface area contributed by atoms with Gasteiger partial charge in [0.15, 0.2) is 0 Å². The van der Waals surface area contributed by atoms with Crippen molar-refractivity contribution in [3.63, 3.8) is 0 Å². The molecule has 0 unspecified atom stereocenters. The summed E-state index contributed by atoms with van der Waals surface area (Å²) in [6.07, 6.45) is 3.28. The molecule has 0 bridgehead atoms. The topological polar surface area (TPSA) is 51.6 Å². The van der Waals surface area contributed by atoms with Crippen LogP contribution in [0.15, 0.2) is 12.4 Å². The molecule has 0 saturated carbocycles. The Morgan fingerprint density at radius 2 is 1.27 bits per heavy atom. The molecule has 0 N–H and O–H groups in total. The van der Waals surface area contributed by atoms with Gasteiger partial charge in [0.25, 0.3) is 0 Å². The Kier molecular flexibility index (Phi) is 1.58. The first-order valence-corrected chi connectivity index (χ1v) is 5.05. The Morgan fingerprint density at radius 3 is 1.73 bits per heavy atom. The molecule has 0 saturated heterocycles. The van der Waals surface area contributed by atoms with Gasteiger partial charge in [-0.15, -0.1) is 0 Å². The maximum Gasteiger partial charge on any atom is 0.114 e. The molecule has 0 amide bonds. The van der Waals surface area contributed by atoms with E-state index in [1.807, 2.05) is 0 Å². The minimum absolute atomic E-state index is 0.752. The van der Waals surface area contributed by atoms with Gasteiger partial charge < -0.3 is 0 Å². The maximum absolute atomic E-state index is 4.24. The first kappa shape index (κ1) is 8.43. The first-order valence-electron chi connectivity index (χ1n) is 4.32. The third-order valence-corrected chi connectivity index (χ3v) is 2.86. The van der Waals surface area contributed by atoms with Crippen molar-refractivity contribution in [3.05, 3.63) is 22.8 Å². The Balaban J connectivity index is 2.83. The van der Waals surface area contributed by atoms with Crippen LogP contribution in [0.4, 0.5) is 0 Å². The van der Waals surface area contributed by atoms with E-state index in [1.54, 1.807) is 12.4 Å². The van der Waals surface area contributed by atoms with Crippen LogP contribution < -0.4 is 10.4 Å². The molecule has 2 aromatic heterocycles. The Bertz CT molecular complexity index is 699. The zero-order valence-electron chi connectivity index (χ0n) is 7.77. The molecule has 72 valence electrons. The van der Waals surface area contributed by atoms with Gasteiger partial charge in [0.05, 0.1) is 22.8 Å². The molecule has 0 aliphatic rings. The van der Waals surface area contributed by atoms with E-state index in [-0.39, 0.29) is 0 Å². The van der Waals surface area contributed by atoms with Gasteiger partial charge in [-0.05, 0) is 0 Å². The van der Waals surface area contributed by atoms with E-state index in [1.165, 1.54) is 0 Å². The van der Waals surface area contributed by atoms with E-state index in [0.29, 0.717) is 0 Å². The Morgan fingerprint density at radius 1 is 0.800 bits per heavy atom. The second-order valence-electron chi connectivity index (χ2n) is 3.17. The third kappa shape index (κ3) is 1.01. The lowest BCUT2D eigenvalue weighted by Crippen LogP contribution is -2.14. The molecular formula is C10H6N4S. The summed E-state index contributed by atoms with van der Waals surface area (Å²) < 4.78 is 8.38. The van der Waals surface area contributed by atoms with Gasteiger partial charge in [-0.1, -0.05) is 13.2 Å². The summed E-state index contributed by atoms with van der Waals surface area (Å²) in [5.41, 5.74) is 3.06. The molecule has 1 aromatic carbocycles. The van der Waals surface area contributed by atoms with E-state index >= 15 is 0 Å². The lowest BCUT2D eigenvalue weighted by molar-refractivity contribution is 1.28. The predicted octanol–water partition coefficient (Wildman–Crippen LogP) is 0.455. The molecule has 15 heavy (non-hydrogen) atoms. The second-order valence-corrected chi connectivity index (χ2v) is 3.70. The zero-order valence-corrected chi connectivity index (χ0v) is 8.58. The first-order chi connectivity index (χ1) is 7.29. The molecule has 0 atom stereocenters. The van der Waals surface area contributed by atoms with Crippen LogP contribution in [-0.2, 0) is 0 Å². The molecule has 0 aliphatic carbocycles. The van der Waals surface area contributed by atoms with Gasteiger partial charge in [-0.25, -0.2) is 0 Å². The van der Waals surface area contributed by atoms with Crippen LogP contribution in [0.5, 0.6) is 0 Å². The molecule has 2 heterocycles. The molecule has 0 radical (unpaired) electrons. The summed E-state index contributed by atoms with van der Waals surface area (Å²) in [6, 6.07) is 0. The average molecular weight is 214 g/mol. The minimum atomic E-state index is 0.752. The largest absolute Gasteiger partial charge is 0.252 e. The molecule has 5 heteroatoms. The van der Waals surface area contributed by atoms with Crippen LogP contribution in [0.3, 0.4) is 0 Å². The van der Waals surface area contributed by atoms with Crippen LogP contribution in [0.25, 0.3) is 35.2 Å². The van der Waals surface area contributed by atoms with Crippen LogP contribution in [0, 0.1) is 0 Å². The number of fused-ring (bicyclic) bond motifs is 2. The van der Waals surface area contributed by atoms with E-state index in [2.05, 4.69) is 31.9 Å². The van der Waals surface area contributed by atoms with Crippen LogP contribution in [-0.4, -0.2) is 18.7 Å². The van der Waals surface area contributed by atoms with Gasteiger partial charge in [-0.3, -0.25) is 9.97 Å². The third-order valence-electron chi connectivity index (χ3n) is 2.33. The fraction of sp³-hybridized carbons (Fsp3) is 0. The van der Waals surface area contributed by atoms with Crippen molar-refractivity contribution in [1.82, 2.24) is 18.7 Å². The van der Waals surface area contributed by atoms with E-state index in [9.17, 15) is 0 Å². The Labute approximate surface area is 88.9 Å². The normalized spacial score (nSPS) is 11.2. The number of hydrogen-bond acceptors (Lipinski definition) is 5. The van der Waals surface area contributed by atoms with Crippen molar-refractivity contribution in [2.24, 2.45) is 0 Å². The molecule has 4 nitrogen and oxygen atoms in total. The molecular weight excluding hydrogens is 208 g/mol. The highest BCUT2D eigenvalue weighted by atomic mass is 32.1. The van der Waals surface area contributed by atoms with Gasteiger partial charge >= 0.3 is 0 Å². The highest BCUT2D eigenvalue weighted by Gasteiger charge is 2.07. The summed E-state index contributed by atoms with van der Waals surface area (Å²) in [4.78, 5) is 8.49. The van der Waals surface area contributed by atoms with Gasteiger partial charge in [0.1, 0.15) is 11.0 Å². The fourth-order valence-corrected chi connectivity index (χ4v) is 2.19. The highest BCUT2D eigenvalue weighted by molar-refractivity contribution is 7.00. The van der Waals surface area contributed by atoms with Crippen LogP contribution >= 0.6 is 11.7 Å². The SMILES string of the molecule is C=c1c2nccnc2c(=C)c2nsnc12. The number of nitrogens with zero attached hydrogens (tertiary/aromatic N) is 4. The number of benzene rings is 1.